The molecule has 2 heterocycles. The van der Waals surface area contributed by atoms with Crippen LogP contribution < -0.4 is 4.74 Å². The van der Waals surface area contributed by atoms with Crippen LogP contribution in [0.3, 0.4) is 0 Å². The molecule has 1 fully saturated rings. The molecule has 0 radical (unpaired) electrons. The molecule has 1 aliphatic rings. The molecule has 0 bridgehead atoms. The molecular weight excluding hydrogens is 437 g/mol. The van der Waals surface area contributed by atoms with Crippen molar-refractivity contribution in [3.8, 4) is 5.75 Å². The van der Waals surface area contributed by atoms with Crippen LogP contribution in [-0.2, 0) is 16.1 Å². The summed E-state index contributed by atoms with van der Waals surface area (Å²) in [5.74, 6) is -1.79. The van der Waals surface area contributed by atoms with Gasteiger partial charge in [0.05, 0.1) is 36.1 Å². The molecule has 32 heavy (non-hydrogen) atoms. The summed E-state index contributed by atoms with van der Waals surface area (Å²) in [6.45, 7) is 2.19. The molecular formula is C24H19ClFNO5. The van der Waals surface area contributed by atoms with Crippen molar-refractivity contribution < 1.29 is 28.2 Å². The highest BCUT2D eigenvalue weighted by atomic mass is 35.5. The van der Waals surface area contributed by atoms with E-state index in [0.29, 0.717) is 23.7 Å². The number of rotatable bonds is 6. The maximum absolute atomic E-state index is 14.0. The molecule has 1 unspecified atom stereocenters. The minimum Gasteiger partial charge on any atom is -0.507 e. The molecule has 0 aliphatic carbocycles. The Kier molecular flexibility index (Phi) is 6.01. The number of likely N-dealkylation sites (tertiary alicyclic amines) is 1. The first-order valence-corrected chi connectivity index (χ1v) is 10.3. The minimum atomic E-state index is -1.01. The van der Waals surface area contributed by atoms with Crippen molar-refractivity contribution in [3.05, 3.63) is 94.2 Å². The number of amides is 1. The second-order valence-corrected chi connectivity index (χ2v) is 7.55. The molecule has 6 nitrogen and oxygen atoms in total. The first kappa shape index (κ1) is 21.6. The number of benzene rings is 2. The van der Waals surface area contributed by atoms with E-state index in [1.165, 1.54) is 41.5 Å². The molecule has 1 saturated heterocycles. The van der Waals surface area contributed by atoms with Gasteiger partial charge < -0.3 is 19.2 Å². The zero-order chi connectivity index (χ0) is 22.8. The number of nitrogens with zero attached hydrogens (tertiary/aromatic N) is 1. The number of hydrogen-bond donors (Lipinski definition) is 1. The van der Waals surface area contributed by atoms with E-state index in [2.05, 4.69) is 0 Å². The first-order valence-electron chi connectivity index (χ1n) is 9.89. The number of ether oxygens (including phenoxy) is 1. The topological polar surface area (TPSA) is 80.0 Å². The summed E-state index contributed by atoms with van der Waals surface area (Å²) < 4.78 is 24.8. The Morgan fingerprint density at radius 3 is 2.66 bits per heavy atom. The van der Waals surface area contributed by atoms with E-state index in [4.69, 9.17) is 20.8 Å². The smallest absolute Gasteiger partial charge is 0.296 e. The summed E-state index contributed by atoms with van der Waals surface area (Å²) in [5.41, 5.74) is 0.414. The highest BCUT2D eigenvalue weighted by Crippen LogP contribution is 2.41. The van der Waals surface area contributed by atoms with Crippen LogP contribution in [0.15, 0.2) is 70.9 Å². The van der Waals surface area contributed by atoms with Gasteiger partial charge in [0.15, 0.2) is 0 Å². The Labute approximate surface area is 188 Å². The van der Waals surface area contributed by atoms with E-state index in [1.54, 1.807) is 24.3 Å². The van der Waals surface area contributed by atoms with Crippen molar-refractivity contribution in [1.29, 1.82) is 0 Å². The molecule has 3 aromatic rings. The number of furan rings is 1. The Morgan fingerprint density at radius 1 is 1.19 bits per heavy atom. The zero-order valence-corrected chi connectivity index (χ0v) is 17.8. The van der Waals surface area contributed by atoms with Crippen molar-refractivity contribution in [2.24, 2.45) is 0 Å². The summed E-state index contributed by atoms with van der Waals surface area (Å²) in [4.78, 5) is 27.1. The fraction of sp³-hybridized carbons (Fsp3) is 0.167. The van der Waals surface area contributed by atoms with Crippen molar-refractivity contribution in [1.82, 2.24) is 4.90 Å². The summed E-state index contributed by atoms with van der Waals surface area (Å²) in [5, 5.41) is 11.3. The van der Waals surface area contributed by atoms with Gasteiger partial charge in [-0.15, -0.1) is 0 Å². The van der Waals surface area contributed by atoms with Crippen molar-refractivity contribution in [3.63, 3.8) is 0 Å². The molecule has 1 N–H and O–H groups in total. The fourth-order valence-corrected chi connectivity index (χ4v) is 3.95. The zero-order valence-electron chi connectivity index (χ0n) is 17.0. The van der Waals surface area contributed by atoms with Crippen LogP contribution in [0.5, 0.6) is 5.75 Å². The molecule has 1 aromatic heterocycles. The molecule has 8 heteroatoms. The number of halogens is 2. The summed E-state index contributed by atoms with van der Waals surface area (Å²) in [6.07, 6.45) is 1.45. The monoisotopic (exact) mass is 455 g/mol. The second-order valence-electron chi connectivity index (χ2n) is 7.14. The lowest BCUT2D eigenvalue weighted by atomic mass is 9.95. The van der Waals surface area contributed by atoms with Gasteiger partial charge in [0.2, 0.25) is 0 Å². The van der Waals surface area contributed by atoms with Gasteiger partial charge >= 0.3 is 0 Å². The van der Waals surface area contributed by atoms with Crippen LogP contribution in [0, 0.1) is 5.82 Å². The summed E-state index contributed by atoms with van der Waals surface area (Å²) in [7, 11) is 0. The predicted octanol–water partition coefficient (Wildman–Crippen LogP) is 5.09. The van der Waals surface area contributed by atoms with Crippen LogP contribution in [0.4, 0.5) is 4.39 Å². The van der Waals surface area contributed by atoms with Gasteiger partial charge in [-0.25, -0.2) is 4.39 Å². The predicted molar refractivity (Wildman–Crippen MR) is 116 cm³/mol. The van der Waals surface area contributed by atoms with E-state index >= 15 is 0 Å². The lowest BCUT2D eigenvalue weighted by Gasteiger charge is -2.24. The van der Waals surface area contributed by atoms with Crippen LogP contribution in [0.25, 0.3) is 5.76 Å². The van der Waals surface area contributed by atoms with Gasteiger partial charge in [-0.05, 0) is 55.0 Å². The van der Waals surface area contributed by atoms with Crippen LogP contribution in [0.2, 0.25) is 5.02 Å². The Balaban J connectivity index is 1.85. The largest absolute Gasteiger partial charge is 0.507 e. The third-order valence-corrected chi connectivity index (χ3v) is 5.41. The molecule has 1 atom stereocenters. The quantitative estimate of drug-likeness (QED) is 0.318. The Hall–Kier alpha value is -3.58. The van der Waals surface area contributed by atoms with Gasteiger partial charge in [0, 0.05) is 5.56 Å². The molecule has 164 valence electrons. The minimum absolute atomic E-state index is 0.0282. The summed E-state index contributed by atoms with van der Waals surface area (Å²) in [6, 6.07) is 12.4. The Bertz CT molecular complexity index is 1200. The van der Waals surface area contributed by atoms with Crippen LogP contribution >= 0.6 is 11.6 Å². The molecule has 0 spiro atoms. The maximum Gasteiger partial charge on any atom is 0.296 e. The number of carbonyl (C=O) groups excluding carboxylic acids is 2. The van der Waals surface area contributed by atoms with E-state index in [1.807, 2.05) is 6.92 Å². The average molecular weight is 456 g/mol. The highest BCUT2D eigenvalue weighted by molar-refractivity contribution is 6.46. The average Bonchev–Trinajstić information content (AvgIpc) is 3.37. The first-order chi connectivity index (χ1) is 15.4. The molecule has 0 saturated carbocycles. The molecule has 1 amide bonds. The third kappa shape index (κ3) is 3.99. The summed E-state index contributed by atoms with van der Waals surface area (Å²) >= 11 is 6.24. The molecule has 2 aromatic carbocycles. The standard InChI is InChI=1S/C24H19ClFNO5/c1-2-31-19-9-8-15(12-18(19)25)22(28)20-21(14-5-3-6-16(26)11-14)27(24(30)23(20)29)13-17-7-4-10-32-17/h3-12,21,28H,2,13H2,1H3. The lowest BCUT2D eigenvalue weighted by Crippen LogP contribution is -2.29. The lowest BCUT2D eigenvalue weighted by molar-refractivity contribution is -0.140. The maximum atomic E-state index is 14.0. The van der Waals surface area contributed by atoms with Crippen molar-refractivity contribution in [2.75, 3.05) is 6.61 Å². The number of hydrogen-bond acceptors (Lipinski definition) is 5. The van der Waals surface area contributed by atoms with Crippen LogP contribution in [-0.4, -0.2) is 28.3 Å². The van der Waals surface area contributed by atoms with Crippen molar-refractivity contribution >= 4 is 29.1 Å². The third-order valence-electron chi connectivity index (χ3n) is 5.12. The van der Waals surface area contributed by atoms with E-state index < -0.39 is 29.3 Å². The Morgan fingerprint density at radius 2 is 2.00 bits per heavy atom. The van der Waals surface area contributed by atoms with E-state index in [-0.39, 0.29) is 22.7 Å². The van der Waals surface area contributed by atoms with Gasteiger partial charge in [0.1, 0.15) is 23.1 Å². The van der Waals surface area contributed by atoms with Gasteiger partial charge in [0.25, 0.3) is 11.7 Å². The number of aliphatic hydroxyl groups is 1. The number of aliphatic hydroxyl groups excluding tert-OH is 1. The van der Waals surface area contributed by atoms with Gasteiger partial charge in [-0.1, -0.05) is 23.7 Å². The fourth-order valence-electron chi connectivity index (χ4n) is 3.71. The number of carbonyl (C=O) groups is 2. The van der Waals surface area contributed by atoms with E-state index in [0.717, 1.165) is 0 Å². The second kappa shape index (κ2) is 8.88. The molecule has 1 aliphatic heterocycles. The normalized spacial score (nSPS) is 17.7. The van der Waals surface area contributed by atoms with E-state index in [9.17, 15) is 19.1 Å². The number of Topliss-reactive ketones (excluding diaryl/α,β-unsaturated/α-hetero) is 1. The molecule has 4 rings (SSSR count). The SMILES string of the molecule is CCOc1ccc(C(O)=C2C(=O)C(=O)N(Cc3ccco3)C2c2cccc(F)c2)cc1Cl. The number of ketones is 1. The van der Waals surface area contributed by atoms with Crippen molar-refractivity contribution in [2.45, 2.75) is 19.5 Å². The van der Waals surface area contributed by atoms with Crippen LogP contribution in [0.1, 0.15) is 29.9 Å². The van der Waals surface area contributed by atoms with Gasteiger partial charge in [-0.3, -0.25) is 9.59 Å². The van der Waals surface area contributed by atoms with Gasteiger partial charge in [-0.2, -0.15) is 0 Å². The highest BCUT2D eigenvalue weighted by Gasteiger charge is 2.46.